The predicted molar refractivity (Wildman–Crippen MR) is 134 cm³/mol. The molecule has 6 nitrogen and oxygen atoms in total. The van der Waals surface area contributed by atoms with Crippen molar-refractivity contribution in [1.82, 2.24) is 4.90 Å². The fourth-order valence-corrected chi connectivity index (χ4v) is 4.66. The minimum atomic E-state index is -0.383. The lowest BCUT2D eigenvalue weighted by molar-refractivity contribution is -0.134. The van der Waals surface area contributed by atoms with Gasteiger partial charge in [0.15, 0.2) is 0 Å². The van der Waals surface area contributed by atoms with Crippen LogP contribution in [0.5, 0.6) is 5.75 Å². The van der Waals surface area contributed by atoms with E-state index in [0.29, 0.717) is 30.1 Å². The normalized spacial score (nSPS) is 16.7. The molecule has 33 heavy (non-hydrogen) atoms. The summed E-state index contributed by atoms with van der Waals surface area (Å²) in [5, 5.41) is 3.42. The third-order valence-electron chi connectivity index (χ3n) is 5.50. The number of likely N-dealkylation sites (tertiary alicyclic amines) is 1. The van der Waals surface area contributed by atoms with Gasteiger partial charge < -0.3 is 19.7 Å². The van der Waals surface area contributed by atoms with Crippen molar-refractivity contribution in [2.75, 3.05) is 26.1 Å². The summed E-state index contributed by atoms with van der Waals surface area (Å²) in [6.45, 7) is 6.89. The minimum absolute atomic E-state index is 0.0413. The zero-order valence-corrected chi connectivity index (χ0v) is 20.1. The highest BCUT2D eigenvalue weighted by Gasteiger charge is 2.28. The number of rotatable bonds is 9. The van der Waals surface area contributed by atoms with Crippen LogP contribution in [-0.2, 0) is 16.1 Å². The summed E-state index contributed by atoms with van der Waals surface area (Å²) in [5.41, 5.74) is 2.81. The molecule has 0 spiro atoms. The summed E-state index contributed by atoms with van der Waals surface area (Å²) in [4.78, 5) is 28.5. The number of hydrogen-bond acceptors (Lipinski definition) is 6. The second-order valence-corrected chi connectivity index (χ2v) is 8.86. The quantitative estimate of drug-likeness (QED) is 0.402. The molecule has 1 N–H and O–H groups in total. The van der Waals surface area contributed by atoms with Crippen molar-refractivity contribution in [3.8, 4) is 5.75 Å². The SMILES string of the molecule is C=C/C=C/C=C(\C)c1cc(NC2CCN(Cc3ccc(OC)cc3)C(=O)C2)c(C(=O)OC)s1. The Kier molecular flexibility index (Phi) is 8.49. The maximum atomic E-state index is 12.8. The minimum Gasteiger partial charge on any atom is -0.497 e. The third kappa shape index (κ3) is 6.35. The Morgan fingerprint density at radius 3 is 2.67 bits per heavy atom. The van der Waals surface area contributed by atoms with E-state index in [1.165, 1.54) is 18.4 Å². The lowest BCUT2D eigenvalue weighted by Gasteiger charge is -2.32. The van der Waals surface area contributed by atoms with E-state index in [9.17, 15) is 9.59 Å². The van der Waals surface area contributed by atoms with Gasteiger partial charge in [0, 0.05) is 30.4 Å². The topological polar surface area (TPSA) is 67.9 Å². The van der Waals surface area contributed by atoms with E-state index in [-0.39, 0.29) is 17.9 Å². The molecule has 1 unspecified atom stereocenters. The third-order valence-corrected chi connectivity index (χ3v) is 6.75. The molecule has 1 aromatic heterocycles. The summed E-state index contributed by atoms with van der Waals surface area (Å²) >= 11 is 1.38. The molecule has 1 aromatic carbocycles. The van der Waals surface area contributed by atoms with E-state index in [1.807, 2.05) is 60.4 Å². The molecule has 0 bridgehead atoms. The highest BCUT2D eigenvalue weighted by atomic mass is 32.1. The second-order valence-electron chi connectivity index (χ2n) is 7.81. The first-order chi connectivity index (χ1) is 15.9. The van der Waals surface area contributed by atoms with Crippen LogP contribution in [0.3, 0.4) is 0 Å². The smallest absolute Gasteiger partial charge is 0.350 e. The van der Waals surface area contributed by atoms with E-state index in [0.717, 1.165) is 28.2 Å². The Balaban J connectivity index is 1.68. The molecule has 174 valence electrons. The van der Waals surface area contributed by atoms with Gasteiger partial charge in [-0.1, -0.05) is 43.0 Å². The number of nitrogens with one attached hydrogen (secondary N) is 1. The number of anilines is 1. The largest absolute Gasteiger partial charge is 0.497 e. The van der Waals surface area contributed by atoms with Crippen LogP contribution in [0.2, 0.25) is 0 Å². The van der Waals surface area contributed by atoms with Gasteiger partial charge in [-0.05, 0) is 42.7 Å². The number of allylic oxidation sites excluding steroid dienone is 5. The van der Waals surface area contributed by atoms with Gasteiger partial charge in [-0.25, -0.2) is 4.79 Å². The molecule has 1 fully saturated rings. The van der Waals surface area contributed by atoms with Gasteiger partial charge in [0.1, 0.15) is 10.6 Å². The van der Waals surface area contributed by atoms with E-state index >= 15 is 0 Å². The lowest BCUT2D eigenvalue weighted by atomic mass is 10.0. The Labute approximate surface area is 199 Å². The van der Waals surface area contributed by atoms with Gasteiger partial charge in [0.2, 0.25) is 5.91 Å². The number of methoxy groups -OCH3 is 2. The van der Waals surface area contributed by atoms with Crippen LogP contribution in [0.4, 0.5) is 5.69 Å². The molecule has 0 saturated carbocycles. The zero-order chi connectivity index (χ0) is 23.8. The molecule has 7 heteroatoms. The van der Waals surface area contributed by atoms with Crippen LogP contribution in [0, 0.1) is 0 Å². The highest BCUT2D eigenvalue weighted by Crippen LogP contribution is 2.34. The van der Waals surface area contributed by atoms with Gasteiger partial charge in [-0.15, -0.1) is 11.3 Å². The first kappa shape index (κ1) is 24.3. The van der Waals surface area contributed by atoms with Crippen molar-refractivity contribution in [2.45, 2.75) is 32.4 Å². The fourth-order valence-electron chi connectivity index (χ4n) is 3.64. The first-order valence-corrected chi connectivity index (χ1v) is 11.6. The maximum absolute atomic E-state index is 12.8. The highest BCUT2D eigenvalue weighted by molar-refractivity contribution is 7.15. The standard InChI is InChI=1S/C26H30N2O4S/c1-5-6-7-8-18(2)23-16-22(25(33-23)26(30)32-4)27-20-13-14-28(24(29)15-20)17-19-9-11-21(31-3)12-10-19/h5-12,16,20,27H,1,13-15,17H2,2-4H3/b7-6+,18-8+. The summed E-state index contributed by atoms with van der Waals surface area (Å²) in [5.74, 6) is 0.507. The monoisotopic (exact) mass is 466 g/mol. The molecule has 1 aliphatic rings. The number of carbonyl (C=O) groups is 2. The number of thiophene rings is 1. The van der Waals surface area contributed by atoms with Gasteiger partial charge in [-0.3, -0.25) is 4.79 Å². The number of ether oxygens (including phenoxy) is 2. The molecule has 1 atom stereocenters. The zero-order valence-electron chi connectivity index (χ0n) is 19.3. The van der Waals surface area contributed by atoms with Gasteiger partial charge >= 0.3 is 5.97 Å². The summed E-state index contributed by atoms with van der Waals surface area (Å²) in [6.07, 6.45) is 8.61. The second kappa shape index (κ2) is 11.5. The lowest BCUT2D eigenvalue weighted by Crippen LogP contribution is -2.42. The Hall–Kier alpha value is -3.32. The van der Waals surface area contributed by atoms with Crippen molar-refractivity contribution in [2.24, 2.45) is 0 Å². The fraction of sp³-hybridized carbons (Fsp3) is 0.308. The van der Waals surface area contributed by atoms with Gasteiger partial charge in [-0.2, -0.15) is 0 Å². The van der Waals surface area contributed by atoms with Gasteiger partial charge in [0.05, 0.1) is 19.9 Å². The van der Waals surface area contributed by atoms with E-state index in [2.05, 4.69) is 11.9 Å². The molecule has 2 heterocycles. The van der Waals surface area contributed by atoms with Crippen molar-refractivity contribution in [1.29, 1.82) is 0 Å². The van der Waals surface area contributed by atoms with Crippen LogP contribution < -0.4 is 10.1 Å². The number of benzene rings is 1. The number of nitrogens with zero attached hydrogens (tertiary/aromatic N) is 1. The number of esters is 1. The molecule has 1 amide bonds. The molecular weight excluding hydrogens is 436 g/mol. The number of hydrogen-bond donors (Lipinski definition) is 1. The molecule has 1 saturated heterocycles. The Morgan fingerprint density at radius 2 is 2.03 bits per heavy atom. The van der Waals surface area contributed by atoms with Crippen molar-refractivity contribution >= 4 is 34.5 Å². The van der Waals surface area contributed by atoms with Crippen molar-refractivity contribution in [3.05, 3.63) is 76.5 Å². The maximum Gasteiger partial charge on any atom is 0.350 e. The number of amides is 1. The van der Waals surface area contributed by atoms with E-state index in [1.54, 1.807) is 13.2 Å². The average Bonchev–Trinajstić information content (AvgIpc) is 3.24. The Morgan fingerprint density at radius 1 is 1.27 bits per heavy atom. The van der Waals surface area contributed by atoms with Crippen LogP contribution in [0.1, 0.15) is 39.9 Å². The van der Waals surface area contributed by atoms with E-state index < -0.39 is 0 Å². The van der Waals surface area contributed by atoms with Crippen LogP contribution in [-0.4, -0.2) is 43.6 Å². The Bertz CT molecular complexity index is 1050. The van der Waals surface area contributed by atoms with Crippen molar-refractivity contribution < 1.29 is 19.1 Å². The summed E-state index contributed by atoms with van der Waals surface area (Å²) < 4.78 is 10.2. The van der Waals surface area contributed by atoms with Crippen LogP contribution >= 0.6 is 11.3 Å². The number of piperidine rings is 1. The molecule has 2 aromatic rings. The molecule has 3 rings (SSSR count). The molecule has 0 radical (unpaired) electrons. The molecule has 0 aliphatic carbocycles. The first-order valence-electron chi connectivity index (χ1n) is 10.8. The van der Waals surface area contributed by atoms with E-state index in [4.69, 9.17) is 9.47 Å². The number of carbonyl (C=O) groups excluding carboxylic acids is 2. The average molecular weight is 467 g/mol. The van der Waals surface area contributed by atoms with Crippen molar-refractivity contribution in [3.63, 3.8) is 0 Å². The van der Waals surface area contributed by atoms with Crippen LogP contribution in [0.15, 0.2) is 61.2 Å². The predicted octanol–water partition coefficient (Wildman–Crippen LogP) is 5.29. The summed E-state index contributed by atoms with van der Waals surface area (Å²) in [7, 11) is 3.01. The van der Waals surface area contributed by atoms with Crippen LogP contribution in [0.25, 0.3) is 5.57 Å². The molecule has 1 aliphatic heterocycles. The van der Waals surface area contributed by atoms with Gasteiger partial charge in [0.25, 0.3) is 0 Å². The molecular formula is C26H30N2O4S. The summed E-state index contributed by atoms with van der Waals surface area (Å²) in [6, 6.07) is 9.68.